The van der Waals surface area contributed by atoms with Crippen LogP contribution in [0.5, 0.6) is 0 Å². The zero-order valence-electron chi connectivity index (χ0n) is 11.3. The number of nitro benzene ring substituents is 1. The predicted octanol–water partition coefficient (Wildman–Crippen LogP) is 3.11. The Hall–Kier alpha value is -1.58. The highest BCUT2D eigenvalue weighted by atomic mass is 32.2. The maximum absolute atomic E-state index is 10.6. The summed E-state index contributed by atoms with van der Waals surface area (Å²) in [6, 6.07) is 9.37. The lowest BCUT2D eigenvalue weighted by Gasteiger charge is -2.22. The number of hydrogen-bond donors (Lipinski definition) is 1. The molecule has 1 fully saturated rings. The van der Waals surface area contributed by atoms with Gasteiger partial charge in [-0.25, -0.2) is 0 Å². The summed E-state index contributed by atoms with van der Waals surface area (Å²) in [6.07, 6.45) is 3.07. The molecule has 1 aromatic carbocycles. The molecule has 0 aromatic heterocycles. The molecule has 0 spiro atoms. The smallest absolute Gasteiger partial charge is 0.269 e. The number of thioether (sulfide) groups is 1. The zero-order valence-corrected chi connectivity index (χ0v) is 12.2. The van der Waals surface area contributed by atoms with Crippen LogP contribution in [-0.4, -0.2) is 22.3 Å². The molecule has 6 heteroatoms. The predicted molar refractivity (Wildman–Crippen MR) is 78.6 cm³/mol. The van der Waals surface area contributed by atoms with Gasteiger partial charge < -0.3 is 0 Å². The first-order valence-electron chi connectivity index (χ1n) is 6.59. The zero-order chi connectivity index (χ0) is 14.6. The van der Waals surface area contributed by atoms with Gasteiger partial charge in [-0.3, -0.25) is 15.4 Å². The first-order valence-corrected chi connectivity index (χ1v) is 7.57. The number of non-ortho nitro benzene ring substituents is 1. The Morgan fingerprint density at radius 1 is 1.50 bits per heavy atom. The van der Waals surface area contributed by atoms with Gasteiger partial charge in [-0.05, 0) is 38.3 Å². The molecular formula is C14H17N3O2S. The van der Waals surface area contributed by atoms with E-state index >= 15 is 0 Å². The summed E-state index contributed by atoms with van der Waals surface area (Å²) in [5, 5.41) is 23.2. The average Bonchev–Trinajstić information content (AvgIpc) is 3.23. The lowest BCUT2D eigenvalue weighted by molar-refractivity contribution is -0.384. The van der Waals surface area contributed by atoms with Crippen molar-refractivity contribution < 1.29 is 4.92 Å². The largest absolute Gasteiger partial charge is 0.297 e. The molecule has 0 saturated heterocycles. The number of nitrogens with one attached hydrogen (secondary N) is 1. The molecule has 1 N–H and O–H groups in total. The van der Waals surface area contributed by atoms with E-state index in [1.807, 2.05) is 6.92 Å². The highest BCUT2D eigenvalue weighted by molar-refractivity contribution is 7.99. The van der Waals surface area contributed by atoms with E-state index in [1.54, 1.807) is 23.9 Å². The number of nitriles is 1. The quantitative estimate of drug-likeness (QED) is 0.474. The van der Waals surface area contributed by atoms with Crippen LogP contribution in [0.4, 0.5) is 5.69 Å². The Balaban J connectivity index is 1.82. The van der Waals surface area contributed by atoms with Gasteiger partial charge in [-0.1, -0.05) is 0 Å². The summed E-state index contributed by atoms with van der Waals surface area (Å²) in [5.41, 5.74) is -0.374. The van der Waals surface area contributed by atoms with Crippen LogP contribution < -0.4 is 5.32 Å². The van der Waals surface area contributed by atoms with Crippen LogP contribution in [0.2, 0.25) is 0 Å². The Labute approximate surface area is 122 Å². The number of nitrogens with zero attached hydrogens (tertiary/aromatic N) is 2. The molecular weight excluding hydrogens is 274 g/mol. The normalized spacial score (nSPS) is 17.2. The molecule has 106 valence electrons. The third kappa shape index (κ3) is 4.22. The van der Waals surface area contributed by atoms with Crippen molar-refractivity contribution in [2.75, 3.05) is 5.75 Å². The van der Waals surface area contributed by atoms with Crippen LogP contribution in [0, 0.1) is 21.4 Å². The van der Waals surface area contributed by atoms with Gasteiger partial charge in [0.1, 0.15) is 5.54 Å². The summed E-state index contributed by atoms with van der Waals surface area (Å²) in [4.78, 5) is 11.1. The first-order chi connectivity index (χ1) is 9.52. The fourth-order valence-corrected chi connectivity index (χ4v) is 2.95. The fourth-order valence-electron chi connectivity index (χ4n) is 1.88. The lowest BCUT2D eigenvalue weighted by Crippen LogP contribution is -2.42. The van der Waals surface area contributed by atoms with E-state index in [4.69, 9.17) is 0 Å². The molecule has 0 radical (unpaired) electrons. The van der Waals surface area contributed by atoms with Crippen LogP contribution in [-0.2, 0) is 0 Å². The third-order valence-electron chi connectivity index (χ3n) is 3.27. The standard InChI is InChI=1S/C14H17N3O2S/c1-14(10-15,16-11-2-3-11)8-9-20-13-6-4-12(5-7-13)17(18)19/h4-7,11,16H,2-3,8-9H2,1H3. The monoisotopic (exact) mass is 291 g/mol. The third-order valence-corrected chi connectivity index (χ3v) is 4.28. The van der Waals surface area contributed by atoms with Crippen molar-refractivity contribution in [3.8, 4) is 6.07 Å². The summed E-state index contributed by atoms with van der Waals surface area (Å²) in [6.45, 7) is 1.93. The minimum Gasteiger partial charge on any atom is -0.297 e. The van der Waals surface area contributed by atoms with E-state index < -0.39 is 10.5 Å². The topological polar surface area (TPSA) is 79.0 Å². The van der Waals surface area contributed by atoms with Gasteiger partial charge in [-0.15, -0.1) is 11.8 Å². The second-order valence-corrected chi connectivity index (χ2v) is 6.38. The number of hydrogen-bond acceptors (Lipinski definition) is 5. The van der Waals surface area contributed by atoms with E-state index in [0.717, 1.165) is 29.9 Å². The number of rotatable bonds is 7. The molecule has 20 heavy (non-hydrogen) atoms. The SMILES string of the molecule is CC(C#N)(CCSc1ccc([N+](=O)[O-])cc1)NC1CC1. The van der Waals surface area contributed by atoms with Crippen molar-refractivity contribution in [3.05, 3.63) is 34.4 Å². The molecule has 0 bridgehead atoms. The maximum atomic E-state index is 10.6. The summed E-state index contributed by atoms with van der Waals surface area (Å²) < 4.78 is 0. The Morgan fingerprint density at radius 3 is 2.65 bits per heavy atom. The molecule has 0 amide bonds. The van der Waals surface area contributed by atoms with Crippen molar-refractivity contribution in [1.29, 1.82) is 5.26 Å². The molecule has 1 aliphatic carbocycles. The van der Waals surface area contributed by atoms with E-state index in [9.17, 15) is 15.4 Å². The van der Waals surface area contributed by atoms with Gasteiger partial charge in [0, 0.05) is 28.8 Å². The van der Waals surface area contributed by atoms with E-state index in [-0.39, 0.29) is 5.69 Å². The highest BCUT2D eigenvalue weighted by Gasteiger charge is 2.32. The molecule has 2 rings (SSSR count). The molecule has 1 unspecified atom stereocenters. The van der Waals surface area contributed by atoms with Crippen LogP contribution >= 0.6 is 11.8 Å². The first kappa shape index (κ1) is 14.8. The highest BCUT2D eigenvalue weighted by Crippen LogP contribution is 2.27. The van der Waals surface area contributed by atoms with E-state index in [0.29, 0.717) is 6.04 Å². The molecule has 1 aliphatic rings. The van der Waals surface area contributed by atoms with E-state index in [1.165, 1.54) is 12.1 Å². The summed E-state index contributed by atoms with van der Waals surface area (Å²) in [7, 11) is 0. The van der Waals surface area contributed by atoms with Crippen LogP contribution in [0.15, 0.2) is 29.2 Å². The van der Waals surface area contributed by atoms with Crippen LogP contribution in [0.25, 0.3) is 0 Å². The van der Waals surface area contributed by atoms with Crippen molar-refractivity contribution >= 4 is 17.4 Å². The van der Waals surface area contributed by atoms with Crippen molar-refractivity contribution in [3.63, 3.8) is 0 Å². The van der Waals surface area contributed by atoms with E-state index in [2.05, 4.69) is 11.4 Å². The Bertz CT molecular complexity index is 522. The van der Waals surface area contributed by atoms with Crippen LogP contribution in [0.1, 0.15) is 26.2 Å². The molecule has 0 heterocycles. The molecule has 1 atom stereocenters. The lowest BCUT2D eigenvalue weighted by atomic mass is 10.0. The van der Waals surface area contributed by atoms with Gasteiger partial charge >= 0.3 is 0 Å². The van der Waals surface area contributed by atoms with Gasteiger partial charge in [0.2, 0.25) is 0 Å². The second-order valence-electron chi connectivity index (χ2n) is 5.21. The second kappa shape index (κ2) is 6.25. The molecule has 1 aromatic rings. The molecule has 0 aliphatic heterocycles. The van der Waals surface area contributed by atoms with Crippen molar-refractivity contribution in [2.24, 2.45) is 0 Å². The van der Waals surface area contributed by atoms with Crippen LogP contribution in [0.3, 0.4) is 0 Å². The maximum Gasteiger partial charge on any atom is 0.269 e. The van der Waals surface area contributed by atoms with Gasteiger partial charge in [-0.2, -0.15) is 5.26 Å². The van der Waals surface area contributed by atoms with Crippen molar-refractivity contribution in [2.45, 2.75) is 42.7 Å². The van der Waals surface area contributed by atoms with Gasteiger partial charge in [0.25, 0.3) is 5.69 Å². The number of nitro groups is 1. The Kier molecular flexibility index (Phi) is 4.63. The number of benzene rings is 1. The molecule has 5 nitrogen and oxygen atoms in total. The van der Waals surface area contributed by atoms with Gasteiger partial charge in [0.05, 0.1) is 11.0 Å². The Morgan fingerprint density at radius 2 is 2.15 bits per heavy atom. The van der Waals surface area contributed by atoms with Gasteiger partial charge in [0.15, 0.2) is 0 Å². The average molecular weight is 291 g/mol. The fraction of sp³-hybridized carbons (Fsp3) is 0.500. The summed E-state index contributed by atoms with van der Waals surface area (Å²) in [5.74, 6) is 0.807. The minimum absolute atomic E-state index is 0.103. The molecule has 1 saturated carbocycles. The summed E-state index contributed by atoms with van der Waals surface area (Å²) >= 11 is 1.62. The van der Waals surface area contributed by atoms with Crippen molar-refractivity contribution in [1.82, 2.24) is 5.32 Å². The minimum atomic E-state index is -0.477.